The number of rotatable bonds is 7. The van der Waals surface area contributed by atoms with Crippen LogP contribution in [0.1, 0.15) is 73.6 Å². The van der Waals surface area contributed by atoms with Crippen molar-refractivity contribution in [3.63, 3.8) is 0 Å². The van der Waals surface area contributed by atoms with Crippen LogP contribution in [0.15, 0.2) is 0 Å². The maximum absolute atomic E-state index is 12.6. The molecule has 7 atom stereocenters. The lowest BCUT2D eigenvalue weighted by atomic mass is 9.51. The number of nitrogens with one attached hydrogen (secondary N) is 2. The standard InChI is InChI=1S/C24H44N2O4/c1-15(22(29)25-12-13-30-7)17-8-10-24(6)11-9-18(16(2)20(24)21(17)28)26-19(27)14-23(3,4)5/h15-18,20-21,28H,8-14H2,1-7H3,(H,25,29)(H,26,27)/t15-,16+,17+,18-,20+,21-,24-/m0/s1. The zero-order valence-corrected chi connectivity index (χ0v) is 20.1. The monoisotopic (exact) mass is 424 g/mol. The van der Waals surface area contributed by atoms with Gasteiger partial charge in [0.15, 0.2) is 0 Å². The van der Waals surface area contributed by atoms with Crippen LogP contribution in [-0.4, -0.2) is 49.3 Å². The Balaban J connectivity index is 2.08. The second-order valence-electron chi connectivity index (χ2n) is 11.3. The lowest BCUT2D eigenvalue weighted by molar-refractivity contribution is -0.144. The number of amides is 2. The number of methoxy groups -OCH3 is 1. The molecule has 0 aromatic heterocycles. The first-order valence-corrected chi connectivity index (χ1v) is 11.6. The Morgan fingerprint density at radius 1 is 1.23 bits per heavy atom. The van der Waals surface area contributed by atoms with Gasteiger partial charge in [-0.25, -0.2) is 0 Å². The number of fused-ring (bicyclic) bond motifs is 1. The number of aliphatic hydroxyl groups excluding tert-OH is 1. The van der Waals surface area contributed by atoms with Gasteiger partial charge in [0.25, 0.3) is 0 Å². The molecule has 2 saturated carbocycles. The summed E-state index contributed by atoms with van der Waals surface area (Å²) in [6.07, 6.45) is 3.80. The summed E-state index contributed by atoms with van der Waals surface area (Å²) in [4.78, 5) is 25.1. The molecule has 3 N–H and O–H groups in total. The molecule has 0 radical (unpaired) electrons. The molecule has 2 aliphatic carbocycles. The summed E-state index contributed by atoms with van der Waals surface area (Å²) >= 11 is 0. The fourth-order valence-electron chi connectivity index (χ4n) is 5.87. The quantitative estimate of drug-likeness (QED) is 0.548. The van der Waals surface area contributed by atoms with E-state index in [1.54, 1.807) is 7.11 Å². The molecule has 0 spiro atoms. The van der Waals surface area contributed by atoms with E-state index in [0.29, 0.717) is 19.6 Å². The maximum Gasteiger partial charge on any atom is 0.223 e. The molecule has 0 aromatic carbocycles. The molecule has 2 amide bonds. The molecule has 6 nitrogen and oxygen atoms in total. The van der Waals surface area contributed by atoms with Crippen molar-refractivity contribution in [1.29, 1.82) is 0 Å². The van der Waals surface area contributed by atoms with Gasteiger partial charge in [-0.1, -0.05) is 41.5 Å². The molecule has 0 heterocycles. The van der Waals surface area contributed by atoms with Crippen molar-refractivity contribution in [3.8, 4) is 0 Å². The van der Waals surface area contributed by atoms with Gasteiger partial charge in [0.2, 0.25) is 11.8 Å². The van der Waals surface area contributed by atoms with Crippen LogP contribution in [0.4, 0.5) is 0 Å². The van der Waals surface area contributed by atoms with Gasteiger partial charge in [0.1, 0.15) is 0 Å². The third-order valence-electron chi connectivity index (χ3n) is 7.59. The number of ether oxygens (including phenoxy) is 1. The second kappa shape index (κ2) is 9.99. The second-order valence-corrected chi connectivity index (χ2v) is 11.3. The molecule has 2 fully saturated rings. The van der Waals surface area contributed by atoms with Gasteiger partial charge in [-0.05, 0) is 54.3 Å². The first-order chi connectivity index (χ1) is 13.9. The first-order valence-electron chi connectivity index (χ1n) is 11.6. The molecule has 6 heteroatoms. The average molecular weight is 425 g/mol. The van der Waals surface area contributed by atoms with E-state index in [1.165, 1.54) is 0 Å². The fourth-order valence-corrected chi connectivity index (χ4v) is 5.87. The van der Waals surface area contributed by atoms with Crippen LogP contribution in [0.3, 0.4) is 0 Å². The molecule has 0 aliphatic heterocycles. The third kappa shape index (κ3) is 5.97. The highest BCUT2D eigenvalue weighted by molar-refractivity contribution is 5.78. The molecule has 2 rings (SSSR count). The summed E-state index contributed by atoms with van der Waals surface area (Å²) in [5.41, 5.74) is 0.0182. The van der Waals surface area contributed by atoms with Crippen LogP contribution in [-0.2, 0) is 14.3 Å². The highest BCUT2D eigenvalue weighted by Crippen LogP contribution is 2.55. The first kappa shape index (κ1) is 25.1. The van der Waals surface area contributed by atoms with E-state index >= 15 is 0 Å². The van der Waals surface area contributed by atoms with Crippen LogP contribution < -0.4 is 10.6 Å². The van der Waals surface area contributed by atoms with Crippen molar-refractivity contribution in [1.82, 2.24) is 10.6 Å². The van der Waals surface area contributed by atoms with Crippen LogP contribution in [0.5, 0.6) is 0 Å². The highest BCUT2D eigenvalue weighted by atomic mass is 16.5. The Labute approximate surface area is 182 Å². The van der Waals surface area contributed by atoms with E-state index in [4.69, 9.17) is 4.74 Å². The molecule has 174 valence electrons. The zero-order chi connectivity index (χ0) is 22.7. The molecule has 0 bridgehead atoms. The Kier molecular flexibility index (Phi) is 8.36. The molecule has 2 aliphatic rings. The lowest BCUT2D eigenvalue weighted by Crippen LogP contribution is -2.58. The van der Waals surface area contributed by atoms with Crippen LogP contribution >= 0.6 is 0 Å². The van der Waals surface area contributed by atoms with E-state index in [9.17, 15) is 14.7 Å². The normalized spacial score (nSPS) is 35.3. The number of hydrogen-bond donors (Lipinski definition) is 3. The summed E-state index contributed by atoms with van der Waals surface area (Å²) in [6, 6.07) is 0.0807. The zero-order valence-electron chi connectivity index (χ0n) is 20.1. The number of carbonyl (C=O) groups excluding carboxylic acids is 2. The van der Waals surface area contributed by atoms with Gasteiger partial charge in [-0.2, -0.15) is 0 Å². The maximum atomic E-state index is 12.6. The summed E-state index contributed by atoms with van der Waals surface area (Å²) in [7, 11) is 1.61. The Bertz CT molecular complexity index is 603. The van der Waals surface area contributed by atoms with E-state index in [-0.39, 0.29) is 52.4 Å². The largest absolute Gasteiger partial charge is 0.392 e. The summed E-state index contributed by atoms with van der Waals surface area (Å²) in [5, 5.41) is 17.6. The van der Waals surface area contributed by atoms with Crippen molar-refractivity contribution >= 4 is 11.8 Å². The Morgan fingerprint density at radius 2 is 1.87 bits per heavy atom. The minimum atomic E-state index is -0.538. The predicted octanol–water partition coefficient (Wildman–Crippen LogP) is 3.13. The van der Waals surface area contributed by atoms with Crippen molar-refractivity contribution in [2.75, 3.05) is 20.3 Å². The fraction of sp³-hybridized carbons (Fsp3) is 0.917. The molecular weight excluding hydrogens is 380 g/mol. The molecule has 0 unspecified atom stereocenters. The minimum Gasteiger partial charge on any atom is -0.392 e. The van der Waals surface area contributed by atoms with Crippen LogP contribution in [0.2, 0.25) is 0 Å². The Morgan fingerprint density at radius 3 is 2.47 bits per heavy atom. The highest BCUT2D eigenvalue weighted by Gasteiger charge is 2.53. The van der Waals surface area contributed by atoms with Crippen LogP contribution in [0, 0.1) is 34.5 Å². The Hall–Kier alpha value is -1.14. The van der Waals surface area contributed by atoms with Crippen molar-refractivity contribution in [2.24, 2.45) is 34.5 Å². The number of carbonyl (C=O) groups is 2. The van der Waals surface area contributed by atoms with Gasteiger partial charge in [0, 0.05) is 32.0 Å². The van der Waals surface area contributed by atoms with E-state index in [2.05, 4.69) is 45.3 Å². The van der Waals surface area contributed by atoms with Gasteiger partial charge in [-0.3, -0.25) is 9.59 Å². The van der Waals surface area contributed by atoms with Gasteiger partial charge in [0.05, 0.1) is 12.7 Å². The SMILES string of the molecule is COCCNC(=O)[C@@H](C)[C@H]1CC[C@@]2(C)CC[C@H](NC(=O)CC(C)(C)C)[C@@H](C)[C@@H]2[C@H]1O. The third-order valence-corrected chi connectivity index (χ3v) is 7.59. The smallest absolute Gasteiger partial charge is 0.223 e. The van der Waals surface area contributed by atoms with E-state index < -0.39 is 6.10 Å². The van der Waals surface area contributed by atoms with Gasteiger partial charge >= 0.3 is 0 Å². The van der Waals surface area contributed by atoms with Crippen molar-refractivity contribution < 1.29 is 19.4 Å². The predicted molar refractivity (Wildman–Crippen MR) is 119 cm³/mol. The lowest BCUT2D eigenvalue weighted by Gasteiger charge is -2.56. The molecule has 0 saturated heterocycles. The average Bonchev–Trinajstić information content (AvgIpc) is 2.62. The van der Waals surface area contributed by atoms with Gasteiger partial charge in [-0.15, -0.1) is 0 Å². The summed E-state index contributed by atoms with van der Waals surface area (Å²) in [6.45, 7) is 13.6. The summed E-state index contributed by atoms with van der Waals surface area (Å²) < 4.78 is 5.01. The van der Waals surface area contributed by atoms with E-state index in [1.807, 2.05) is 6.92 Å². The topological polar surface area (TPSA) is 87.7 Å². The number of aliphatic hydroxyl groups is 1. The van der Waals surface area contributed by atoms with E-state index in [0.717, 1.165) is 25.7 Å². The van der Waals surface area contributed by atoms with Crippen LogP contribution in [0.25, 0.3) is 0 Å². The molecule has 0 aromatic rings. The molecule has 30 heavy (non-hydrogen) atoms. The summed E-state index contributed by atoms with van der Waals surface area (Å²) in [5.74, 6) is 0.0313. The molecular formula is C24H44N2O4. The number of hydrogen-bond acceptors (Lipinski definition) is 4. The minimum absolute atomic E-state index is 0.0156. The van der Waals surface area contributed by atoms with Crippen molar-refractivity contribution in [2.45, 2.75) is 85.8 Å². The van der Waals surface area contributed by atoms with Crippen molar-refractivity contribution in [3.05, 3.63) is 0 Å². The van der Waals surface area contributed by atoms with Gasteiger partial charge < -0.3 is 20.5 Å².